The first kappa shape index (κ1) is 20.9. The van der Waals surface area contributed by atoms with Crippen molar-refractivity contribution >= 4 is 11.2 Å². The number of aryl methyl sites for hydroxylation is 2. The molecule has 0 saturated carbocycles. The minimum atomic E-state index is 0.549. The fraction of sp³-hybridized carbons (Fsp3) is 0.292. The summed E-state index contributed by atoms with van der Waals surface area (Å²) in [5, 5.41) is 14.7. The molecule has 0 atom stereocenters. The van der Waals surface area contributed by atoms with Crippen molar-refractivity contribution < 1.29 is 4.74 Å². The molecule has 9 heteroatoms. The summed E-state index contributed by atoms with van der Waals surface area (Å²) in [6.07, 6.45) is 1.81. The van der Waals surface area contributed by atoms with Gasteiger partial charge < -0.3 is 9.30 Å². The summed E-state index contributed by atoms with van der Waals surface area (Å²) in [7, 11) is 0. The van der Waals surface area contributed by atoms with Crippen molar-refractivity contribution in [3.05, 3.63) is 59.4 Å². The highest BCUT2D eigenvalue weighted by Crippen LogP contribution is 2.34. The molecule has 0 aliphatic rings. The van der Waals surface area contributed by atoms with E-state index in [1.807, 2.05) is 30.7 Å². The van der Waals surface area contributed by atoms with Gasteiger partial charge in [0.1, 0.15) is 5.52 Å². The average Bonchev–Trinajstić information content (AvgIpc) is 3.54. The number of hydrogen-bond donors (Lipinski definition) is 1. The molecule has 1 aromatic carbocycles. The Kier molecular flexibility index (Phi) is 5.37. The van der Waals surface area contributed by atoms with E-state index in [9.17, 15) is 0 Å². The molecule has 0 bridgehead atoms. The lowest BCUT2D eigenvalue weighted by molar-refractivity contribution is 0.301. The van der Waals surface area contributed by atoms with E-state index >= 15 is 0 Å². The first-order valence-corrected chi connectivity index (χ1v) is 11.1. The highest BCUT2D eigenvalue weighted by Gasteiger charge is 2.19. The lowest BCUT2D eigenvalue weighted by atomic mass is 10.0. The third-order valence-corrected chi connectivity index (χ3v) is 5.85. The van der Waals surface area contributed by atoms with Crippen LogP contribution in [0.4, 0.5) is 0 Å². The highest BCUT2D eigenvalue weighted by molar-refractivity contribution is 5.79. The number of imidazole rings is 1. The van der Waals surface area contributed by atoms with Crippen LogP contribution < -0.4 is 4.74 Å². The molecular formula is C24H26N8O. The van der Waals surface area contributed by atoms with Gasteiger partial charge in [0.25, 0.3) is 6.01 Å². The predicted octanol–water partition coefficient (Wildman–Crippen LogP) is 4.16. The third kappa shape index (κ3) is 3.65. The van der Waals surface area contributed by atoms with Crippen molar-refractivity contribution in [1.82, 2.24) is 39.7 Å². The van der Waals surface area contributed by atoms with E-state index in [1.165, 1.54) is 0 Å². The molecule has 168 valence electrons. The van der Waals surface area contributed by atoms with Gasteiger partial charge >= 0.3 is 0 Å². The summed E-state index contributed by atoms with van der Waals surface area (Å²) in [5.74, 6) is 0.595. The van der Waals surface area contributed by atoms with Crippen LogP contribution in [0.25, 0.3) is 33.8 Å². The zero-order valence-electron chi connectivity index (χ0n) is 19.2. The van der Waals surface area contributed by atoms with Crippen molar-refractivity contribution in [3.63, 3.8) is 0 Å². The van der Waals surface area contributed by atoms with Crippen LogP contribution in [0.5, 0.6) is 6.01 Å². The number of hydrogen-bond acceptors (Lipinski definition) is 6. The van der Waals surface area contributed by atoms with Crippen LogP contribution in [0.2, 0.25) is 0 Å². The van der Waals surface area contributed by atoms with E-state index in [2.05, 4.69) is 79.3 Å². The molecule has 0 spiro atoms. The summed E-state index contributed by atoms with van der Waals surface area (Å²) in [6, 6.07) is 13.2. The molecule has 0 saturated heterocycles. The number of tetrazole rings is 1. The van der Waals surface area contributed by atoms with Crippen LogP contribution in [-0.2, 0) is 13.1 Å². The molecule has 9 nitrogen and oxygen atoms in total. The van der Waals surface area contributed by atoms with Gasteiger partial charge in [0, 0.05) is 24.0 Å². The van der Waals surface area contributed by atoms with Gasteiger partial charge in [0.2, 0.25) is 5.82 Å². The number of nitrogens with zero attached hydrogens (tertiary/aromatic N) is 7. The van der Waals surface area contributed by atoms with E-state index in [-0.39, 0.29) is 0 Å². The van der Waals surface area contributed by atoms with Crippen LogP contribution in [-0.4, -0.2) is 46.3 Å². The molecule has 1 N–H and O–H groups in total. The standard InChI is InChI=1S/C24H26N8O/c1-5-31-16(4)13-19(22-27-29-30-28-22)21(31)18-9-7-17(8-10-18)14-32-23-20(15(3)11-12-25-23)26-24(32)33-6-2/h7-13H,5-6,14H2,1-4H3,(H,27,28,29,30). The van der Waals surface area contributed by atoms with E-state index in [4.69, 9.17) is 4.74 Å². The fourth-order valence-corrected chi connectivity index (χ4v) is 4.29. The van der Waals surface area contributed by atoms with Gasteiger partial charge in [-0.2, -0.15) is 10.2 Å². The Labute approximate surface area is 191 Å². The van der Waals surface area contributed by atoms with Gasteiger partial charge in [-0.05, 0) is 61.7 Å². The fourth-order valence-electron chi connectivity index (χ4n) is 4.29. The SMILES string of the molecule is CCOc1nc2c(C)ccnc2n1Cc1ccc(-c2c(-c3nn[nH]n3)cc(C)n2CC)cc1. The van der Waals surface area contributed by atoms with E-state index in [0.29, 0.717) is 25.0 Å². The number of nitrogens with one attached hydrogen (secondary N) is 1. The number of H-pyrrole nitrogens is 1. The molecule has 4 aromatic heterocycles. The average molecular weight is 443 g/mol. The number of aromatic amines is 1. The number of ether oxygens (including phenoxy) is 1. The quantitative estimate of drug-likeness (QED) is 0.406. The number of fused-ring (bicyclic) bond motifs is 1. The molecule has 0 aliphatic heterocycles. The van der Waals surface area contributed by atoms with Crippen molar-refractivity contribution in [2.45, 2.75) is 40.8 Å². The minimum Gasteiger partial charge on any atom is -0.465 e. The maximum absolute atomic E-state index is 5.82. The Balaban J connectivity index is 1.53. The Hall–Kier alpha value is -4.01. The molecular weight excluding hydrogens is 416 g/mol. The van der Waals surface area contributed by atoms with Gasteiger partial charge in [0.15, 0.2) is 5.65 Å². The summed E-state index contributed by atoms with van der Waals surface area (Å²) in [5.41, 5.74) is 8.23. The van der Waals surface area contributed by atoms with Crippen molar-refractivity contribution in [1.29, 1.82) is 0 Å². The van der Waals surface area contributed by atoms with E-state index in [1.54, 1.807) is 0 Å². The number of aromatic nitrogens is 8. The Morgan fingerprint density at radius 1 is 1.03 bits per heavy atom. The zero-order chi connectivity index (χ0) is 22.9. The summed E-state index contributed by atoms with van der Waals surface area (Å²) < 4.78 is 10.1. The molecule has 0 aliphatic carbocycles. The largest absolute Gasteiger partial charge is 0.465 e. The Bertz CT molecular complexity index is 1400. The van der Waals surface area contributed by atoms with Gasteiger partial charge in [-0.15, -0.1) is 10.2 Å². The number of benzene rings is 1. The maximum Gasteiger partial charge on any atom is 0.298 e. The summed E-state index contributed by atoms with van der Waals surface area (Å²) >= 11 is 0. The van der Waals surface area contributed by atoms with Gasteiger partial charge in [-0.25, -0.2) is 4.98 Å². The van der Waals surface area contributed by atoms with Gasteiger partial charge in [-0.1, -0.05) is 24.3 Å². The van der Waals surface area contributed by atoms with Crippen molar-refractivity contribution in [2.24, 2.45) is 0 Å². The molecule has 0 fully saturated rings. The second-order valence-corrected chi connectivity index (χ2v) is 7.94. The zero-order valence-corrected chi connectivity index (χ0v) is 19.2. The molecule has 0 radical (unpaired) electrons. The van der Waals surface area contributed by atoms with Crippen LogP contribution in [0.1, 0.15) is 30.7 Å². The smallest absolute Gasteiger partial charge is 0.298 e. The normalized spacial score (nSPS) is 11.4. The predicted molar refractivity (Wildman–Crippen MR) is 126 cm³/mol. The summed E-state index contributed by atoms with van der Waals surface area (Å²) in [6.45, 7) is 10.3. The van der Waals surface area contributed by atoms with Crippen LogP contribution in [0, 0.1) is 13.8 Å². The lowest BCUT2D eigenvalue weighted by Crippen LogP contribution is -2.06. The molecule has 0 amide bonds. The molecule has 5 aromatic rings. The van der Waals surface area contributed by atoms with Crippen molar-refractivity contribution in [3.8, 4) is 28.7 Å². The third-order valence-electron chi connectivity index (χ3n) is 5.85. The molecule has 5 rings (SSSR count). The van der Waals surface area contributed by atoms with E-state index in [0.717, 1.165) is 51.4 Å². The highest BCUT2D eigenvalue weighted by atomic mass is 16.5. The Morgan fingerprint density at radius 3 is 2.55 bits per heavy atom. The number of pyridine rings is 1. The molecule has 4 heterocycles. The maximum atomic E-state index is 5.82. The summed E-state index contributed by atoms with van der Waals surface area (Å²) in [4.78, 5) is 9.25. The van der Waals surface area contributed by atoms with Crippen LogP contribution >= 0.6 is 0 Å². The second-order valence-electron chi connectivity index (χ2n) is 7.94. The topological polar surface area (TPSA) is 99.3 Å². The monoisotopic (exact) mass is 442 g/mol. The minimum absolute atomic E-state index is 0.549. The second kappa shape index (κ2) is 8.50. The van der Waals surface area contributed by atoms with E-state index < -0.39 is 0 Å². The lowest BCUT2D eigenvalue weighted by Gasteiger charge is -2.12. The van der Waals surface area contributed by atoms with Gasteiger partial charge in [0.05, 0.1) is 18.8 Å². The van der Waals surface area contributed by atoms with Crippen molar-refractivity contribution in [2.75, 3.05) is 6.61 Å². The first-order valence-electron chi connectivity index (χ1n) is 11.1. The Morgan fingerprint density at radius 2 is 1.85 bits per heavy atom. The van der Waals surface area contributed by atoms with Gasteiger partial charge in [-0.3, -0.25) is 4.57 Å². The van der Waals surface area contributed by atoms with Crippen LogP contribution in [0.3, 0.4) is 0 Å². The number of rotatable bonds is 7. The first-order chi connectivity index (χ1) is 16.1. The van der Waals surface area contributed by atoms with Crippen LogP contribution in [0.15, 0.2) is 42.6 Å². The molecule has 0 unspecified atom stereocenters. The molecule has 33 heavy (non-hydrogen) atoms.